The van der Waals surface area contributed by atoms with E-state index in [0.29, 0.717) is 6.54 Å². The molecule has 0 aliphatic carbocycles. The number of ether oxygens (including phenoxy) is 1. The Bertz CT molecular complexity index is 872. The van der Waals surface area contributed by atoms with Gasteiger partial charge in [-0.3, -0.25) is 4.57 Å². The highest BCUT2D eigenvalue weighted by molar-refractivity contribution is 7.98. The van der Waals surface area contributed by atoms with Crippen molar-refractivity contribution < 1.29 is 9.13 Å². The van der Waals surface area contributed by atoms with Crippen LogP contribution in [-0.2, 0) is 17.0 Å². The summed E-state index contributed by atoms with van der Waals surface area (Å²) in [7, 11) is 0. The first-order valence-electron chi connectivity index (χ1n) is 8.53. The molecule has 3 aromatic rings. The van der Waals surface area contributed by atoms with Crippen LogP contribution in [0.25, 0.3) is 11.4 Å². The van der Waals surface area contributed by atoms with Gasteiger partial charge in [0, 0.05) is 23.3 Å². The molecule has 5 nitrogen and oxygen atoms in total. The number of hydrogen-bond donors (Lipinski definition) is 0. The Morgan fingerprint density at radius 3 is 2.85 bits per heavy atom. The maximum absolute atomic E-state index is 13.3. The van der Waals surface area contributed by atoms with Crippen LogP contribution in [0.3, 0.4) is 0 Å². The van der Waals surface area contributed by atoms with Crippen molar-refractivity contribution in [1.29, 1.82) is 0 Å². The smallest absolute Gasteiger partial charge is 0.191 e. The van der Waals surface area contributed by atoms with E-state index in [1.54, 1.807) is 35.2 Å². The van der Waals surface area contributed by atoms with Gasteiger partial charge in [-0.1, -0.05) is 11.8 Å². The lowest BCUT2D eigenvalue weighted by Gasteiger charge is -2.14. The summed E-state index contributed by atoms with van der Waals surface area (Å²) in [6.07, 6.45) is 2.29. The van der Waals surface area contributed by atoms with E-state index in [-0.39, 0.29) is 11.9 Å². The Balaban J connectivity index is 1.60. The Hall–Kier alpha value is -1.77. The van der Waals surface area contributed by atoms with Crippen molar-refractivity contribution in [2.24, 2.45) is 0 Å². The van der Waals surface area contributed by atoms with E-state index in [2.05, 4.69) is 25.1 Å². The molecule has 0 amide bonds. The number of benzene rings is 1. The average Bonchev–Trinajstić information content (AvgIpc) is 3.37. The number of nitrogens with zero attached hydrogens (tertiary/aromatic N) is 4. The molecule has 1 aromatic carbocycles. The third kappa shape index (κ3) is 3.97. The normalized spacial score (nSPS) is 17.1. The van der Waals surface area contributed by atoms with Gasteiger partial charge in [0.25, 0.3) is 0 Å². The number of thiazole rings is 1. The molecule has 0 bridgehead atoms. The van der Waals surface area contributed by atoms with Crippen molar-refractivity contribution >= 4 is 23.1 Å². The Morgan fingerprint density at radius 2 is 2.15 bits per heavy atom. The fourth-order valence-electron chi connectivity index (χ4n) is 2.98. The van der Waals surface area contributed by atoms with Crippen LogP contribution in [0.2, 0.25) is 0 Å². The number of aromatic nitrogens is 4. The summed E-state index contributed by atoms with van der Waals surface area (Å²) < 4.78 is 21.2. The minimum atomic E-state index is -0.257. The monoisotopic (exact) mass is 390 g/mol. The molecule has 8 heteroatoms. The summed E-state index contributed by atoms with van der Waals surface area (Å²) in [6.45, 7) is 3.52. The molecule has 26 heavy (non-hydrogen) atoms. The highest BCUT2D eigenvalue weighted by Gasteiger charge is 2.22. The zero-order valence-corrected chi connectivity index (χ0v) is 16.0. The van der Waals surface area contributed by atoms with Gasteiger partial charge >= 0.3 is 0 Å². The van der Waals surface area contributed by atoms with Gasteiger partial charge in [0.1, 0.15) is 5.82 Å². The van der Waals surface area contributed by atoms with Crippen molar-refractivity contribution in [2.75, 3.05) is 6.61 Å². The molecule has 0 N–H and O–H groups in total. The standard InChI is InChI=1S/C18H19FN4OS2/c1-12-20-15(10-25-12)11-26-18-22-21-17(13-4-6-14(19)7-5-13)23(18)9-16-3-2-8-24-16/h4-7,10,16H,2-3,8-9,11H2,1H3/t16-/m1/s1. The molecular weight excluding hydrogens is 371 g/mol. The number of rotatable bonds is 6. The van der Waals surface area contributed by atoms with E-state index in [0.717, 1.165) is 52.4 Å². The molecule has 4 rings (SSSR count). The van der Waals surface area contributed by atoms with Gasteiger partial charge in [-0.05, 0) is 44.0 Å². The highest BCUT2D eigenvalue weighted by Crippen LogP contribution is 2.28. The second-order valence-electron chi connectivity index (χ2n) is 6.21. The third-order valence-corrected chi connectivity index (χ3v) is 6.07. The van der Waals surface area contributed by atoms with Gasteiger partial charge in [0.15, 0.2) is 11.0 Å². The molecule has 0 spiro atoms. The molecule has 1 saturated heterocycles. The Morgan fingerprint density at radius 1 is 1.31 bits per heavy atom. The predicted octanol–water partition coefficient (Wildman–Crippen LogP) is 4.32. The van der Waals surface area contributed by atoms with Crippen molar-refractivity contribution in [3.63, 3.8) is 0 Å². The topological polar surface area (TPSA) is 52.8 Å². The number of thioether (sulfide) groups is 1. The number of aryl methyl sites for hydroxylation is 1. The van der Waals surface area contributed by atoms with E-state index in [1.165, 1.54) is 12.1 Å². The molecule has 136 valence electrons. The van der Waals surface area contributed by atoms with Crippen LogP contribution in [0.4, 0.5) is 4.39 Å². The lowest BCUT2D eigenvalue weighted by Crippen LogP contribution is -2.16. The van der Waals surface area contributed by atoms with Gasteiger partial charge < -0.3 is 4.74 Å². The SMILES string of the molecule is Cc1nc(CSc2nnc(-c3ccc(F)cc3)n2C[C@H]2CCCO2)cs1. The number of hydrogen-bond acceptors (Lipinski definition) is 6. The van der Waals surface area contributed by atoms with Crippen LogP contribution >= 0.6 is 23.1 Å². The third-order valence-electron chi connectivity index (χ3n) is 4.25. The maximum atomic E-state index is 13.3. The van der Waals surface area contributed by atoms with Crippen LogP contribution in [0, 0.1) is 12.7 Å². The van der Waals surface area contributed by atoms with E-state index < -0.39 is 0 Å². The van der Waals surface area contributed by atoms with Crippen LogP contribution in [0.1, 0.15) is 23.5 Å². The first-order chi connectivity index (χ1) is 12.7. The van der Waals surface area contributed by atoms with Gasteiger partial charge in [0.05, 0.1) is 23.4 Å². The largest absolute Gasteiger partial charge is 0.376 e. The summed E-state index contributed by atoms with van der Waals surface area (Å²) >= 11 is 3.27. The quantitative estimate of drug-likeness (QED) is 0.587. The molecule has 0 radical (unpaired) electrons. The van der Waals surface area contributed by atoms with Gasteiger partial charge in [-0.2, -0.15) is 0 Å². The number of halogens is 1. The predicted molar refractivity (Wildman–Crippen MR) is 101 cm³/mol. The maximum Gasteiger partial charge on any atom is 0.191 e. The molecule has 3 heterocycles. The van der Waals surface area contributed by atoms with Crippen molar-refractivity contribution in [2.45, 2.75) is 43.3 Å². The molecule has 1 aliphatic heterocycles. The molecule has 0 saturated carbocycles. The zero-order valence-electron chi connectivity index (χ0n) is 14.4. The van der Waals surface area contributed by atoms with Crippen molar-refractivity contribution in [3.8, 4) is 11.4 Å². The van der Waals surface area contributed by atoms with Crippen LogP contribution in [0.15, 0.2) is 34.8 Å². The summed E-state index contributed by atoms with van der Waals surface area (Å²) in [5, 5.41) is 12.7. The summed E-state index contributed by atoms with van der Waals surface area (Å²) in [5.41, 5.74) is 1.90. The van der Waals surface area contributed by atoms with E-state index in [4.69, 9.17) is 4.74 Å². The molecule has 1 aliphatic rings. The summed E-state index contributed by atoms with van der Waals surface area (Å²) in [4.78, 5) is 4.51. The Kier molecular flexibility index (Phi) is 5.33. The minimum Gasteiger partial charge on any atom is -0.376 e. The van der Waals surface area contributed by atoms with Gasteiger partial charge in [0.2, 0.25) is 0 Å². The molecular formula is C18H19FN4OS2. The molecule has 1 atom stereocenters. The highest BCUT2D eigenvalue weighted by atomic mass is 32.2. The first-order valence-corrected chi connectivity index (χ1v) is 10.4. The first kappa shape index (κ1) is 17.6. The fraction of sp³-hybridized carbons (Fsp3) is 0.389. The van der Waals surface area contributed by atoms with Crippen molar-refractivity contribution in [1.82, 2.24) is 19.7 Å². The second kappa shape index (κ2) is 7.85. The van der Waals surface area contributed by atoms with Crippen LogP contribution in [-0.4, -0.2) is 32.5 Å². The summed E-state index contributed by atoms with van der Waals surface area (Å²) in [5.74, 6) is 1.24. The molecule has 1 fully saturated rings. The van der Waals surface area contributed by atoms with Crippen molar-refractivity contribution in [3.05, 3.63) is 46.2 Å². The average molecular weight is 391 g/mol. The summed E-state index contributed by atoms with van der Waals surface area (Å²) in [6, 6.07) is 6.38. The Labute approximate surface area is 159 Å². The molecule has 0 unspecified atom stereocenters. The fourth-order valence-corrected chi connectivity index (χ4v) is 4.54. The van der Waals surface area contributed by atoms with Crippen LogP contribution < -0.4 is 0 Å². The lowest BCUT2D eigenvalue weighted by atomic mass is 10.2. The van der Waals surface area contributed by atoms with Gasteiger partial charge in [-0.25, -0.2) is 9.37 Å². The zero-order chi connectivity index (χ0) is 17.9. The van der Waals surface area contributed by atoms with E-state index in [1.807, 2.05) is 6.92 Å². The minimum absolute atomic E-state index is 0.172. The molecule has 2 aromatic heterocycles. The van der Waals surface area contributed by atoms with Crippen LogP contribution in [0.5, 0.6) is 0 Å². The second-order valence-corrected chi connectivity index (χ2v) is 8.21. The van der Waals surface area contributed by atoms with Gasteiger partial charge in [-0.15, -0.1) is 21.5 Å². The van der Waals surface area contributed by atoms with E-state index >= 15 is 0 Å². The van der Waals surface area contributed by atoms with E-state index in [9.17, 15) is 4.39 Å². The lowest BCUT2D eigenvalue weighted by molar-refractivity contribution is 0.0953.